The molecule has 1 aromatic rings. The lowest BCUT2D eigenvalue weighted by molar-refractivity contribution is -0.384. The molecule has 0 aliphatic heterocycles. The van der Waals surface area contributed by atoms with Gasteiger partial charge in [0, 0.05) is 6.04 Å². The van der Waals surface area contributed by atoms with Crippen molar-refractivity contribution >= 4 is 11.4 Å². The van der Waals surface area contributed by atoms with Crippen molar-refractivity contribution in [3.8, 4) is 6.07 Å². The molecule has 18 heavy (non-hydrogen) atoms. The van der Waals surface area contributed by atoms with Crippen LogP contribution < -0.4 is 5.32 Å². The van der Waals surface area contributed by atoms with E-state index in [4.69, 9.17) is 5.26 Å². The summed E-state index contributed by atoms with van der Waals surface area (Å²) in [5.41, 5.74) is 0.426. The summed E-state index contributed by atoms with van der Waals surface area (Å²) in [6, 6.07) is 6.86. The molecular formula is C13H15N3O2. The summed E-state index contributed by atoms with van der Waals surface area (Å²) in [5.74, 6) is 0.579. The molecule has 1 aromatic carbocycles. The van der Waals surface area contributed by atoms with E-state index in [0.717, 1.165) is 0 Å². The number of nitro benzene ring substituents is 1. The van der Waals surface area contributed by atoms with Gasteiger partial charge in [-0.3, -0.25) is 10.1 Å². The first-order valence-electron chi connectivity index (χ1n) is 6.07. The molecule has 2 rings (SSSR count). The molecule has 94 valence electrons. The number of hydrogen-bond acceptors (Lipinski definition) is 4. The predicted octanol–water partition coefficient (Wildman–Crippen LogP) is 3.07. The normalized spacial score (nSPS) is 16.4. The monoisotopic (exact) mass is 245 g/mol. The number of hydrogen-bond donors (Lipinski definition) is 1. The molecule has 0 heterocycles. The van der Waals surface area contributed by atoms with E-state index >= 15 is 0 Å². The first kappa shape index (κ1) is 12.4. The van der Waals surface area contributed by atoms with E-state index in [1.807, 2.05) is 13.0 Å². The lowest BCUT2D eigenvalue weighted by atomic mass is 9.80. The Balaban J connectivity index is 2.26. The Kier molecular flexibility index (Phi) is 3.47. The molecule has 1 saturated carbocycles. The van der Waals surface area contributed by atoms with Crippen LogP contribution in [0.25, 0.3) is 0 Å². The van der Waals surface area contributed by atoms with Crippen LogP contribution in [0, 0.1) is 27.4 Å². The number of benzene rings is 1. The molecule has 1 aliphatic rings. The largest absolute Gasteiger partial charge is 0.377 e. The summed E-state index contributed by atoms with van der Waals surface area (Å²) in [7, 11) is 0. The summed E-state index contributed by atoms with van der Waals surface area (Å²) in [4.78, 5) is 10.6. The minimum absolute atomic E-state index is 0.103. The number of anilines is 1. The number of nitriles is 1. The van der Waals surface area contributed by atoms with E-state index in [1.165, 1.54) is 25.3 Å². The number of rotatable bonds is 4. The smallest absolute Gasteiger partial charge is 0.309 e. The number of para-hydroxylation sites is 1. The number of nitrogens with zero attached hydrogens (tertiary/aromatic N) is 2. The van der Waals surface area contributed by atoms with Crippen molar-refractivity contribution in [3.05, 3.63) is 33.9 Å². The van der Waals surface area contributed by atoms with Crippen molar-refractivity contribution in [2.45, 2.75) is 32.2 Å². The Hall–Kier alpha value is -2.09. The summed E-state index contributed by atoms with van der Waals surface area (Å²) in [6.07, 6.45) is 3.57. The average Bonchev–Trinajstić information content (AvgIpc) is 2.25. The van der Waals surface area contributed by atoms with Crippen LogP contribution in [-0.2, 0) is 0 Å². The summed E-state index contributed by atoms with van der Waals surface area (Å²) in [6.45, 7) is 2.03. The summed E-state index contributed by atoms with van der Waals surface area (Å²) >= 11 is 0. The fourth-order valence-electron chi connectivity index (χ4n) is 2.25. The van der Waals surface area contributed by atoms with Crippen LogP contribution in [0.3, 0.4) is 0 Å². The van der Waals surface area contributed by atoms with Gasteiger partial charge in [-0.15, -0.1) is 0 Å². The van der Waals surface area contributed by atoms with Crippen molar-refractivity contribution < 1.29 is 4.92 Å². The summed E-state index contributed by atoms with van der Waals surface area (Å²) in [5, 5.41) is 23.1. The molecule has 1 fully saturated rings. The predicted molar refractivity (Wildman–Crippen MR) is 68.2 cm³/mol. The van der Waals surface area contributed by atoms with E-state index in [1.54, 1.807) is 12.1 Å². The minimum atomic E-state index is -0.492. The third-order valence-corrected chi connectivity index (χ3v) is 3.58. The molecule has 0 spiro atoms. The van der Waals surface area contributed by atoms with Crippen molar-refractivity contribution in [3.63, 3.8) is 0 Å². The standard InChI is InChI=1S/C13H15N3O2/c1-9(10-4-2-5-10)15-12-7-3-6-11(8-14)13(12)16(17)18/h3,6-7,9-10,15H,2,4-5H2,1H3. The lowest BCUT2D eigenvalue weighted by Gasteiger charge is -2.32. The molecule has 0 radical (unpaired) electrons. The van der Waals surface area contributed by atoms with E-state index in [-0.39, 0.29) is 17.3 Å². The second-order valence-electron chi connectivity index (χ2n) is 4.69. The third-order valence-electron chi connectivity index (χ3n) is 3.58. The topological polar surface area (TPSA) is 79.0 Å². The van der Waals surface area contributed by atoms with Crippen LogP contribution in [0.15, 0.2) is 18.2 Å². The van der Waals surface area contributed by atoms with Gasteiger partial charge < -0.3 is 5.32 Å². The van der Waals surface area contributed by atoms with Crippen LogP contribution >= 0.6 is 0 Å². The Bertz CT molecular complexity index is 503. The van der Waals surface area contributed by atoms with Gasteiger partial charge in [0.2, 0.25) is 0 Å². The second kappa shape index (κ2) is 5.05. The fraction of sp³-hybridized carbons (Fsp3) is 0.462. The number of nitrogens with one attached hydrogen (secondary N) is 1. The van der Waals surface area contributed by atoms with Gasteiger partial charge in [-0.1, -0.05) is 12.5 Å². The van der Waals surface area contributed by atoms with Crippen LogP contribution in [0.5, 0.6) is 0 Å². The zero-order chi connectivity index (χ0) is 13.1. The van der Waals surface area contributed by atoms with E-state index in [2.05, 4.69) is 5.32 Å². The minimum Gasteiger partial charge on any atom is -0.377 e. The Morgan fingerprint density at radius 3 is 2.78 bits per heavy atom. The third kappa shape index (κ3) is 2.28. The quantitative estimate of drug-likeness (QED) is 0.653. The van der Waals surface area contributed by atoms with Crippen LogP contribution in [0.4, 0.5) is 11.4 Å². The van der Waals surface area contributed by atoms with Gasteiger partial charge in [-0.05, 0) is 37.8 Å². The molecule has 0 amide bonds. The molecule has 0 saturated heterocycles. The first-order chi connectivity index (χ1) is 8.63. The molecule has 5 nitrogen and oxygen atoms in total. The molecule has 1 N–H and O–H groups in total. The molecule has 0 bridgehead atoms. The van der Waals surface area contributed by atoms with Crippen molar-refractivity contribution in [2.75, 3.05) is 5.32 Å². The van der Waals surface area contributed by atoms with Crippen molar-refractivity contribution in [2.24, 2.45) is 5.92 Å². The highest BCUT2D eigenvalue weighted by Gasteiger charge is 2.26. The Morgan fingerprint density at radius 2 is 2.28 bits per heavy atom. The van der Waals surface area contributed by atoms with Gasteiger partial charge in [0.25, 0.3) is 0 Å². The Morgan fingerprint density at radius 1 is 1.56 bits per heavy atom. The van der Waals surface area contributed by atoms with Crippen LogP contribution in [0.1, 0.15) is 31.7 Å². The molecule has 1 atom stereocenters. The average molecular weight is 245 g/mol. The molecule has 1 unspecified atom stereocenters. The van der Waals surface area contributed by atoms with Crippen molar-refractivity contribution in [1.82, 2.24) is 0 Å². The summed E-state index contributed by atoms with van der Waals surface area (Å²) < 4.78 is 0. The highest BCUT2D eigenvalue weighted by Crippen LogP contribution is 2.34. The van der Waals surface area contributed by atoms with Crippen molar-refractivity contribution in [1.29, 1.82) is 5.26 Å². The zero-order valence-corrected chi connectivity index (χ0v) is 10.2. The van der Waals surface area contributed by atoms with Gasteiger partial charge in [0.1, 0.15) is 17.3 Å². The van der Waals surface area contributed by atoms with Gasteiger partial charge in [-0.25, -0.2) is 0 Å². The van der Waals surface area contributed by atoms with E-state index < -0.39 is 4.92 Å². The Labute approximate surface area is 106 Å². The zero-order valence-electron chi connectivity index (χ0n) is 10.2. The van der Waals surface area contributed by atoms with E-state index in [0.29, 0.717) is 11.6 Å². The molecule has 5 heteroatoms. The fourth-order valence-corrected chi connectivity index (χ4v) is 2.25. The maximum absolute atomic E-state index is 11.1. The highest BCUT2D eigenvalue weighted by atomic mass is 16.6. The maximum Gasteiger partial charge on any atom is 0.309 e. The van der Waals surface area contributed by atoms with E-state index in [9.17, 15) is 10.1 Å². The first-order valence-corrected chi connectivity index (χ1v) is 6.07. The van der Waals surface area contributed by atoms with Crippen LogP contribution in [-0.4, -0.2) is 11.0 Å². The van der Waals surface area contributed by atoms with Gasteiger partial charge in [0.15, 0.2) is 0 Å². The lowest BCUT2D eigenvalue weighted by Crippen LogP contribution is -2.31. The molecular weight excluding hydrogens is 230 g/mol. The van der Waals surface area contributed by atoms with Gasteiger partial charge in [-0.2, -0.15) is 5.26 Å². The second-order valence-corrected chi connectivity index (χ2v) is 4.69. The SMILES string of the molecule is CC(Nc1cccc(C#N)c1[N+](=O)[O-])C1CCC1. The van der Waals surface area contributed by atoms with Gasteiger partial charge in [0.05, 0.1) is 4.92 Å². The van der Waals surface area contributed by atoms with Crippen LogP contribution in [0.2, 0.25) is 0 Å². The maximum atomic E-state index is 11.1. The molecule has 1 aliphatic carbocycles. The number of nitro groups is 1. The van der Waals surface area contributed by atoms with Gasteiger partial charge >= 0.3 is 5.69 Å². The highest BCUT2D eigenvalue weighted by molar-refractivity contribution is 5.68. The molecule has 0 aromatic heterocycles.